The number of alkyl carbamates (subject to hydrolysis) is 1. The molecule has 5 N–H and O–H groups in total. The van der Waals surface area contributed by atoms with Gasteiger partial charge in [-0.2, -0.15) is 18.4 Å². The first-order valence-corrected chi connectivity index (χ1v) is 18.8. The molecule has 3 aromatic heterocycles. The van der Waals surface area contributed by atoms with Crippen LogP contribution in [0.2, 0.25) is 0 Å². The number of nitrogens with two attached hydrogens (primary N) is 1. The van der Waals surface area contributed by atoms with Crippen LogP contribution < -0.4 is 20.7 Å². The highest BCUT2D eigenvalue weighted by Crippen LogP contribution is 2.32. The normalized spacial score (nSPS) is 15.7. The predicted octanol–water partition coefficient (Wildman–Crippen LogP) is 6.51. The molecule has 1 aliphatic carbocycles. The van der Waals surface area contributed by atoms with Crippen LogP contribution >= 0.6 is 0 Å². The molecule has 19 heteroatoms. The summed E-state index contributed by atoms with van der Waals surface area (Å²) in [6.45, 7) is 5.91. The van der Waals surface area contributed by atoms with Gasteiger partial charge in [0, 0.05) is 42.0 Å². The third-order valence-electron chi connectivity index (χ3n) is 9.20. The standard InChI is InChI=1S/C39H43N9O5.C2HF3O2/c1-39(2,3)53-38(51)43-22-26-8-12-29(13-9-26)36(49)48(31-17-14-28(15-18-31)35-44-46-47-45-35)37(50)33(40)21-25-6-10-27(11-7-25)30-16-19-34(42-23-30)52-32-5-4-20-41-24-32;3-2(4,5)1(6)7/h4-7,10-11,14-20,23-24,26,29,33H,8-9,12-13,21-22,40H2,1-3H3,(H,43,51)(H,44,45,46,47);(H,6,7)/t26-,29-,33-;/m0./s1. The summed E-state index contributed by atoms with van der Waals surface area (Å²) in [4.78, 5) is 59.0. The minimum absolute atomic E-state index is 0.198. The maximum atomic E-state index is 14.2. The van der Waals surface area contributed by atoms with Crippen LogP contribution in [0.25, 0.3) is 22.5 Å². The number of aromatic amines is 1. The fourth-order valence-corrected chi connectivity index (χ4v) is 6.22. The van der Waals surface area contributed by atoms with E-state index >= 15 is 0 Å². The Bertz CT molecular complexity index is 2180. The molecular weight excluding hydrogens is 788 g/mol. The fraction of sp³-hybridized carbons (Fsp3) is 0.341. The van der Waals surface area contributed by atoms with E-state index in [1.807, 2.05) is 51.1 Å². The van der Waals surface area contributed by atoms with Crippen LogP contribution in [-0.2, 0) is 25.5 Å². The maximum Gasteiger partial charge on any atom is 0.490 e. The first kappa shape index (κ1) is 44.3. The summed E-state index contributed by atoms with van der Waals surface area (Å²) < 4.78 is 42.8. The van der Waals surface area contributed by atoms with Gasteiger partial charge >= 0.3 is 18.2 Å². The number of hydrogen-bond donors (Lipinski definition) is 4. The Labute approximate surface area is 342 Å². The van der Waals surface area contributed by atoms with Crippen molar-refractivity contribution < 1.29 is 46.9 Å². The van der Waals surface area contributed by atoms with Crippen LogP contribution in [0.5, 0.6) is 11.6 Å². The van der Waals surface area contributed by atoms with Crippen molar-refractivity contribution in [3.05, 3.63) is 97.0 Å². The summed E-state index contributed by atoms with van der Waals surface area (Å²) in [6.07, 6.45) is 2.30. The number of carbonyl (C=O) groups is 4. The third kappa shape index (κ3) is 12.9. The molecule has 1 atom stereocenters. The van der Waals surface area contributed by atoms with E-state index in [9.17, 15) is 27.6 Å². The lowest BCUT2D eigenvalue weighted by Crippen LogP contribution is -2.50. The molecule has 3 amide bonds. The Hall–Kier alpha value is -6.76. The van der Waals surface area contributed by atoms with Gasteiger partial charge in [0.05, 0.1) is 17.9 Å². The Kier molecular flexibility index (Phi) is 14.6. The molecular formula is C41H44F3N9O7. The van der Waals surface area contributed by atoms with E-state index in [2.05, 4.69) is 35.9 Å². The van der Waals surface area contributed by atoms with E-state index < -0.39 is 35.8 Å². The number of pyridine rings is 2. The molecule has 0 unspecified atom stereocenters. The van der Waals surface area contributed by atoms with Gasteiger partial charge in [-0.3, -0.25) is 14.6 Å². The molecule has 2 aromatic carbocycles. The van der Waals surface area contributed by atoms with Crippen molar-refractivity contribution in [1.29, 1.82) is 0 Å². The van der Waals surface area contributed by atoms with Gasteiger partial charge in [0.15, 0.2) is 0 Å². The van der Waals surface area contributed by atoms with Gasteiger partial charge in [-0.15, -0.1) is 10.2 Å². The number of halogens is 3. The van der Waals surface area contributed by atoms with Crippen LogP contribution in [0.15, 0.2) is 91.4 Å². The molecule has 6 rings (SSSR count). The first-order chi connectivity index (χ1) is 28.5. The molecule has 3 heterocycles. The minimum atomic E-state index is -5.08. The minimum Gasteiger partial charge on any atom is -0.475 e. The van der Waals surface area contributed by atoms with Crippen molar-refractivity contribution in [2.45, 2.75) is 70.7 Å². The topological polar surface area (TPSA) is 228 Å². The largest absolute Gasteiger partial charge is 0.490 e. The molecule has 0 aliphatic heterocycles. The highest BCUT2D eigenvalue weighted by molar-refractivity contribution is 6.17. The number of H-pyrrole nitrogens is 1. The Morgan fingerprint density at radius 1 is 0.917 bits per heavy atom. The molecule has 0 saturated heterocycles. The summed E-state index contributed by atoms with van der Waals surface area (Å²) in [5.41, 5.74) is 9.75. The average Bonchev–Trinajstić information content (AvgIpc) is 3.76. The fourth-order valence-electron chi connectivity index (χ4n) is 6.22. The van der Waals surface area contributed by atoms with Gasteiger partial charge in [0.25, 0.3) is 5.91 Å². The monoisotopic (exact) mass is 831 g/mol. The van der Waals surface area contributed by atoms with Crippen molar-refractivity contribution in [1.82, 2.24) is 35.9 Å². The lowest BCUT2D eigenvalue weighted by Gasteiger charge is -2.32. The number of aromatic nitrogens is 6. The summed E-state index contributed by atoms with van der Waals surface area (Å²) in [7, 11) is 0. The van der Waals surface area contributed by atoms with E-state index in [4.69, 9.17) is 25.1 Å². The number of carboxylic acids is 1. The lowest BCUT2D eigenvalue weighted by atomic mass is 9.81. The second-order valence-electron chi connectivity index (χ2n) is 14.9. The van der Waals surface area contributed by atoms with Gasteiger partial charge < -0.3 is 25.6 Å². The number of alkyl halides is 3. The van der Waals surface area contributed by atoms with Gasteiger partial charge in [-0.25, -0.2) is 19.5 Å². The summed E-state index contributed by atoms with van der Waals surface area (Å²) in [5.74, 6) is -2.28. The maximum absolute atomic E-state index is 14.2. The molecule has 5 aromatic rings. The van der Waals surface area contributed by atoms with Crippen LogP contribution in [0.4, 0.5) is 23.7 Å². The zero-order valence-electron chi connectivity index (χ0n) is 32.9. The summed E-state index contributed by atoms with van der Waals surface area (Å²) in [5, 5.41) is 24.0. The number of hydrogen-bond acceptors (Lipinski definition) is 12. The number of amides is 3. The number of ether oxygens (including phenoxy) is 2. The summed E-state index contributed by atoms with van der Waals surface area (Å²) in [6, 6.07) is 20.9. The van der Waals surface area contributed by atoms with Gasteiger partial charge in [0.1, 0.15) is 11.4 Å². The van der Waals surface area contributed by atoms with Crippen molar-refractivity contribution >= 4 is 29.6 Å². The highest BCUT2D eigenvalue weighted by atomic mass is 19.4. The van der Waals surface area contributed by atoms with E-state index in [0.29, 0.717) is 48.1 Å². The highest BCUT2D eigenvalue weighted by Gasteiger charge is 2.38. The third-order valence-corrected chi connectivity index (χ3v) is 9.20. The number of carboxylic acid groups (broad SMARTS) is 1. The Balaban J connectivity index is 0.000000896. The number of nitrogens with zero attached hydrogens (tertiary/aromatic N) is 6. The molecule has 316 valence electrons. The molecule has 16 nitrogen and oxygen atoms in total. The van der Waals surface area contributed by atoms with E-state index in [-0.39, 0.29) is 24.2 Å². The number of nitrogens with one attached hydrogen (secondary N) is 2. The van der Waals surface area contributed by atoms with E-state index in [1.165, 1.54) is 4.90 Å². The molecule has 0 bridgehead atoms. The van der Waals surface area contributed by atoms with Crippen molar-refractivity contribution in [3.8, 4) is 34.1 Å². The number of anilines is 1. The van der Waals surface area contributed by atoms with Crippen LogP contribution in [0, 0.1) is 11.8 Å². The average molecular weight is 832 g/mol. The van der Waals surface area contributed by atoms with Gasteiger partial charge in [-0.1, -0.05) is 24.3 Å². The quantitative estimate of drug-likeness (QED) is 0.111. The van der Waals surface area contributed by atoms with E-state index in [1.54, 1.807) is 61.1 Å². The van der Waals surface area contributed by atoms with Crippen molar-refractivity contribution in [3.63, 3.8) is 0 Å². The number of imide groups is 1. The molecule has 0 radical (unpaired) electrons. The van der Waals surface area contributed by atoms with Crippen molar-refractivity contribution in [2.24, 2.45) is 17.6 Å². The first-order valence-electron chi connectivity index (χ1n) is 18.8. The van der Waals surface area contributed by atoms with Crippen LogP contribution in [0.1, 0.15) is 52.0 Å². The second-order valence-corrected chi connectivity index (χ2v) is 14.9. The molecule has 1 fully saturated rings. The molecule has 1 saturated carbocycles. The number of aliphatic carboxylic acids is 1. The number of carbonyl (C=O) groups excluding carboxylic acids is 3. The van der Waals surface area contributed by atoms with E-state index in [0.717, 1.165) is 29.5 Å². The molecule has 0 spiro atoms. The Morgan fingerprint density at radius 2 is 1.57 bits per heavy atom. The smallest absolute Gasteiger partial charge is 0.475 e. The zero-order valence-corrected chi connectivity index (χ0v) is 32.9. The Morgan fingerprint density at radius 3 is 2.12 bits per heavy atom. The number of benzene rings is 2. The zero-order chi connectivity index (χ0) is 43.5. The number of rotatable bonds is 11. The van der Waals surface area contributed by atoms with Crippen LogP contribution in [0.3, 0.4) is 0 Å². The predicted molar refractivity (Wildman–Crippen MR) is 211 cm³/mol. The summed E-state index contributed by atoms with van der Waals surface area (Å²) >= 11 is 0. The lowest BCUT2D eigenvalue weighted by molar-refractivity contribution is -0.192. The van der Waals surface area contributed by atoms with Crippen molar-refractivity contribution in [2.75, 3.05) is 11.4 Å². The second kappa shape index (κ2) is 19.8. The van der Waals surface area contributed by atoms with Gasteiger partial charge in [0.2, 0.25) is 17.6 Å². The number of tetrazole rings is 1. The molecule has 60 heavy (non-hydrogen) atoms. The van der Waals surface area contributed by atoms with Crippen LogP contribution in [-0.4, -0.2) is 83.9 Å². The SMILES string of the molecule is CC(C)(C)OC(=O)NC[C@H]1CC[C@H](C(=O)N(C(=O)[C@@H](N)Cc2ccc(-c3ccc(Oc4cccnc4)nc3)cc2)c2ccc(-c3nn[nH]n3)cc2)CC1.O=C(O)C(F)(F)F. The van der Waals surface area contributed by atoms with Gasteiger partial charge in [-0.05, 0) is 118 Å². The molecule has 1 aliphatic rings.